The zero-order valence-electron chi connectivity index (χ0n) is 16.2. The molecule has 1 fully saturated rings. The Balaban J connectivity index is 1.99. The van der Waals surface area contributed by atoms with Gasteiger partial charge < -0.3 is 29.5 Å². The molecule has 3 aliphatic rings. The van der Waals surface area contributed by atoms with Gasteiger partial charge in [0.05, 0.1) is 6.61 Å². The Kier molecular flexibility index (Phi) is 4.53. The Morgan fingerprint density at radius 2 is 1.93 bits per heavy atom. The molecule has 3 unspecified atom stereocenters. The van der Waals surface area contributed by atoms with Gasteiger partial charge in [-0.1, -0.05) is 32.1 Å². The van der Waals surface area contributed by atoms with Crippen LogP contribution in [0.25, 0.3) is 0 Å². The van der Waals surface area contributed by atoms with Gasteiger partial charge in [0.15, 0.2) is 23.4 Å². The van der Waals surface area contributed by atoms with Crippen molar-refractivity contribution in [2.24, 2.45) is 5.41 Å². The Morgan fingerprint density at radius 3 is 2.44 bits per heavy atom. The van der Waals surface area contributed by atoms with Crippen molar-refractivity contribution >= 4 is 5.78 Å². The van der Waals surface area contributed by atoms with Crippen molar-refractivity contribution in [3.8, 4) is 0 Å². The molecule has 2 aliphatic heterocycles. The van der Waals surface area contributed by atoms with Crippen molar-refractivity contribution in [3.63, 3.8) is 0 Å². The number of carbonyl (C=O) groups is 1. The van der Waals surface area contributed by atoms with E-state index in [0.717, 1.165) is 11.1 Å². The van der Waals surface area contributed by atoms with Crippen LogP contribution in [0, 0.1) is 5.41 Å². The minimum atomic E-state index is -1.89. The van der Waals surface area contributed by atoms with E-state index in [1.54, 1.807) is 6.92 Å². The molecule has 0 amide bonds. The molecule has 4 atom stereocenters. The first-order valence-electron chi connectivity index (χ1n) is 8.82. The van der Waals surface area contributed by atoms with Crippen molar-refractivity contribution in [2.45, 2.75) is 58.7 Å². The first-order chi connectivity index (χ1) is 12.4. The molecule has 7 nitrogen and oxygen atoms in total. The second kappa shape index (κ2) is 6.22. The van der Waals surface area contributed by atoms with Gasteiger partial charge in [0.1, 0.15) is 12.2 Å². The van der Waals surface area contributed by atoms with E-state index in [-0.39, 0.29) is 12.4 Å². The minimum Gasteiger partial charge on any atom is -0.505 e. The van der Waals surface area contributed by atoms with Crippen LogP contribution in [-0.4, -0.2) is 51.8 Å². The third kappa shape index (κ3) is 2.72. The van der Waals surface area contributed by atoms with Gasteiger partial charge in [-0.3, -0.25) is 4.79 Å². The standard InChI is InChI=1S/C20H26O7/c1-9(2)7-12-10(3)17(23)20(18(24)19(12,5)6)25-8-13(27-20)16-15(22)14(21)11(4)26-16/h7,13,16,18,21-22,24H,4,8H2,1-3,5-6H3/t13?,16-,18?,20?/m1/s1. The molecule has 0 bridgehead atoms. The third-order valence-corrected chi connectivity index (χ3v) is 5.40. The average molecular weight is 378 g/mol. The van der Waals surface area contributed by atoms with Crippen LogP contribution >= 0.6 is 0 Å². The molecule has 1 aliphatic carbocycles. The van der Waals surface area contributed by atoms with Gasteiger partial charge in [-0.15, -0.1) is 0 Å². The second-order valence-corrected chi connectivity index (χ2v) is 8.04. The number of ketones is 1. The smallest absolute Gasteiger partial charge is 0.261 e. The number of aliphatic hydroxyl groups excluding tert-OH is 3. The lowest BCUT2D eigenvalue weighted by molar-refractivity contribution is -0.242. The van der Waals surface area contributed by atoms with Gasteiger partial charge in [-0.2, -0.15) is 0 Å². The maximum absolute atomic E-state index is 13.1. The molecule has 148 valence electrons. The summed E-state index contributed by atoms with van der Waals surface area (Å²) in [4.78, 5) is 13.1. The molecule has 3 rings (SSSR count). The Bertz CT molecular complexity index is 797. The van der Waals surface area contributed by atoms with Gasteiger partial charge in [0.25, 0.3) is 5.79 Å². The molecule has 0 radical (unpaired) electrons. The van der Waals surface area contributed by atoms with Crippen molar-refractivity contribution < 1.29 is 34.3 Å². The lowest BCUT2D eigenvalue weighted by atomic mass is 9.67. The Hall–Kier alpha value is -2.09. The molecule has 2 heterocycles. The largest absolute Gasteiger partial charge is 0.505 e. The van der Waals surface area contributed by atoms with E-state index in [2.05, 4.69) is 6.58 Å². The number of hydrogen-bond donors (Lipinski definition) is 3. The number of rotatable bonds is 2. The summed E-state index contributed by atoms with van der Waals surface area (Å²) >= 11 is 0. The van der Waals surface area contributed by atoms with E-state index in [9.17, 15) is 20.1 Å². The quantitative estimate of drug-likeness (QED) is 0.678. The molecule has 0 aromatic rings. The summed E-state index contributed by atoms with van der Waals surface area (Å²) in [5, 5.41) is 30.8. The molecule has 7 heteroatoms. The van der Waals surface area contributed by atoms with Gasteiger partial charge in [0.2, 0.25) is 5.78 Å². The zero-order valence-corrected chi connectivity index (χ0v) is 16.2. The molecular formula is C20H26O7. The van der Waals surface area contributed by atoms with Crippen LogP contribution < -0.4 is 0 Å². The van der Waals surface area contributed by atoms with Gasteiger partial charge in [-0.05, 0) is 26.3 Å². The predicted molar refractivity (Wildman–Crippen MR) is 96.8 cm³/mol. The van der Waals surface area contributed by atoms with E-state index in [4.69, 9.17) is 14.2 Å². The highest BCUT2D eigenvalue weighted by molar-refractivity contribution is 6.03. The first kappa shape index (κ1) is 19.7. The fraction of sp³-hybridized carbons (Fsp3) is 0.550. The summed E-state index contributed by atoms with van der Waals surface area (Å²) in [6.45, 7) is 12.6. The lowest BCUT2D eigenvalue weighted by Crippen LogP contribution is -2.61. The summed E-state index contributed by atoms with van der Waals surface area (Å²) in [5.41, 5.74) is 1.37. The second-order valence-electron chi connectivity index (χ2n) is 8.04. The number of allylic oxidation sites excluding steroid dienone is 2. The Labute approximate surface area is 158 Å². The van der Waals surface area contributed by atoms with Crippen LogP contribution in [0.3, 0.4) is 0 Å². The summed E-state index contributed by atoms with van der Waals surface area (Å²) in [6, 6.07) is 0. The van der Waals surface area contributed by atoms with Crippen LogP contribution in [0.2, 0.25) is 0 Å². The number of ether oxygens (including phenoxy) is 3. The van der Waals surface area contributed by atoms with E-state index < -0.39 is 46.8 Å². The normalized spacial score (nSPS) is 35.9. The maximum atomic E-state index is 13.1. The van der Waals surface area contributed by atoms with Crippen molar-refractivity contribution in [1.29, 1.82) is 0 Å². The van der Waals surface area contributed by atoms with E-state index in [1.165, 1.54) is 0 Å². The molecular weight excluding hydrogens is 352 g/mol. The average Bonchev–Trinajstić information content (AvgIpc) is 3.14. The molecule has 27 heavy (non-hydrogen) atoms. The molecule has 0 saturated carbocycles. The van der Waals surface area contributed by atoms with Crippen molar-refractivity contribution in [1.82, 2.24) is 0 Å². The van der Waals surface area contributed by atoms with Crippen LogP contribution in [0.15, 0.2) is 46.7 Å². The van der Waals surface area contributed by atoms with E-state index >= 15 is 0 Å². The lowest BCUT2D eigenvalue weighted by Gasteiger charge is -2.46. The number of hydrogen-bond acceptors (Lipinski definition) is 7. The highest BCUT2D eigenvalue weighted by atomic mass is 16.8. The fourth-order valence-corrected chi connectivity index (χ4v) is 3.90. The number of aliphatic hydroxyl groups is 3. The van der Waals surface area contributed by atoms with Crippen LogP contribution in [0.5, 0.6) is 0 Å². The predicted octanol–water partition coefficient (Wildman–Crippen LogP) is 2.59. The molecule has 0 aromatic carbocycles. The fourth-order valence-electron chi connectivity index (χ4n) is 3.90. The number of carbonyl (C=O) groups excluding carboxylic acids is 1. The zero-order chi connectivity index (χ0) is 20.3. The van der Waals surface area contributed by atoms with Gasteiger partial charge in [0, 0.05) is 11.0 Å². The van der Waals surface area contributed by atoms with Gasteiger partial charge >= 0.3 is 0 Å². The molecule has 3 N–H and O–H groups in total. The molecule has 1 spiro atoms. The highest BCUT2D eigenvalue weighted by Crippen LogP contribution is 2.49. The summed E-state index contributed by atoms with van der Waals surface area (Å²) < 4.78 is 16.9. The molecule has 0 aromatic heterocycles. The van der Waals surface area contributed by atoms with Crippen LogP contribution in [-0.2, 0) is 19.0 Å². The van der Waals surface area contributed by atoms with Gasteiger partial charge in [-0.25, -0.2) is 0 Å². The molecule has 1 saturated heterocycles. The number of Topliss-reactive ketones (excluding diaryl/α,β-unsaturated/α-hetero) is 1. The summed E-state index contributed by atoms with van der Waals surface area (Å²) in [5.74, 6) is -3.32. The van der Waals surface area contributed by atoms with E-state index in [0.29, 0.717) is 5.57 Å². The summed E-state index contributed by atoms with van der Waals surface area (Å²) in [6.07, 6.45) is -1.34. The maximum Gasteiger partial charge on any atom is 0.261 e. The Morgan fingerprint density at radius 1 is 1.30 bits per heavy atom. The van der Waals surface area contributed by atoms with Crippen LogP contribution in [0.1, 0.15) is 34.6 Å². The van der Waals surface area contributed by atoms with Crippen molar-refractivity contribution in [2.75, 3.05) is 6.61 Å². The SMILES string of the molecule is C=C1O[C@H](C2COC3(O2)C(=O)C(C)=C(C=C(C)C)C(C)(C)C3O)C(O)=C1O. The highest BCUT2D eigenvalue weighted by Gasteiger charge is 2.63. The monoisotopic (exact) mass is 378 g/mol. The van der Waals surface area contributed by atoms with Crippen molar-refractivity contribution in [3.05, 3.63) is 46.7 Å². The minimum absolute atomic E-state index is 0.0835. The third-order valence-electron chi connectivity index (χ3n) is 5.40. The topological polar surface area (TPSA) is 105 Å². The van der Waals surface area contributed by atoms with Crippen LogP contribution in [0.4, 0.5) is 0 Å². The summed E-state index contributed by atoms with van der Waals surface area (Å²) in [7, 11) is 0. The van der Waals surface area contributed by atoms with E-state index in [1.807, 2.05) is 33.8 Å². The first-order valence-corrected chi connectivity index (χ1v) is 8.82.